The molecule has 0 saturated heterocycles. The Bertz CT molecular complexity index is 255. The number of sulfone groups is 1. The van der Waals surface area contributed by atoms with Crippen molar-refractivity contribution in [2.45, 2.75) is 20.8 Å². The maximum absolute atomic E-state index is 11.3. The van der Waals surface area contributed by atoms with Crippen LogP contribution in [0.3, 0.4) is 0 Å². The Labute approximate surface area is 79.8 Å². The molecule has 0 atom stereocenters. The highest BCUT2D eigenvalue weighted by atomic mass is 32.2. The van der Waals surface area contributed by atoms with Gasteiger partial charge in [-0.3, -0.25) is 4.79 Å². The van der Waals surface area contributed by atoms with Crippen LogP contribution in [-0.4, -0.2) is 43.8 Å². The van der Waals surface area contributed by atoms with E-state index in [2.05, 4.69) is 0 Å². The molecular weight excluding hydrogens is 190 g/mol. The van der Waals surface area contributed by atoms with E-state index in [-0.39, 0.29) is 17.4 Å². The lowest BCUT2D eigenvalue weighted by Gasteiger charge is -2.17. The van der Waals surface area contributed by atoms with Gasteiger partial charge in [0.25, 0.3) is 0 Å². The molecule has 13 heavy (non-hydrogen) atoms. The number of hydrogen-bond acceptors (Lipinski definition) is 3. The molecule has 0 aromatic heterocycles. The van der Waals surface area contributed by atoms with E-state index in [1.54, 1.807) is 6.92 Å². The van der Waals surface area contributed by atoms with Crippen LogP contribution in [0.5, 0.6) is 0 Å². The number of nitrogens with zero attached hydrogens (tertiary/aromatic N) is 1. The predicted octanol–water partition coefficient (Wildman–Crippen LogP) is 0.290. The number of rotatable bonds is 5. The molecule has 0 N–H and O–H groups in total. The molecule has 0 fully saturated rings. The van der Waals surface area contributed by atoms with Crippen LogP contribution in [0.15, 0.2) is 0 Å². The van der Waals surface area contributed by atoms with Crippen LogP contribution < -0.4 is 0 Å². The van der Waals surface area contributed by atoms with Crippen LogP contribution in [-0.2, 0) is 14.6 Å². The second-order valence-corrected chi connectivity index (χ2v) is 5.10. The smallest absolute Gasteiger partial charge is 0.237 e. The Morgan fingerprint density at radius 1 is 1.15 bits per heavy atom. The first-order valence-corrected chi connectivity index (χ1v) is 6.27. The van der Waals surface area contributed by atoms with Gasteiger partial charge in [-0.25, -0.2) is 8.42 Å². The van der Waals surface area contributed by atoms with Crippen LogP contribution >= 0.6 is 0 Å². The molecule has 0 bridgehead atoms. The third kappa shape index (κ3) is 4.26. The second-order valence-electron chi connectivity index (χ2n) is 2.74. The van der Waals surface area contributed by atoms with Gasteiger partial charge in [-0.15, -0.1) is 0 Å². The minimum Gasteiger partial charge on any atom is -0.342 e. The van der Waals surface area contributed by atoms with Gasteiger partial charge in [-0.1, -0.05) is 6.92 Å². The third-order valence-electron chi connectivity index (χ3n) is 1.90. The van der Waals surface area contributed by atoms with Crippen molar-refractivity contribution in [3.63, 3.8) is 0 Å². The van der Waals surface area contributed by atoms with Crippen molar-refractivity contribution in [1.29, 1.82) is 0 Å². The van der Waals surface area contributed by atoms with Gasteiger partial charge in [0, 0.05) is 18.8 Å². The zero-order valence-corrected chi connectivity index (χ0v) is 9.23. The molecule has 78 valence electrons. The minimum atomic E-state index is -3.18. The van der Waals surface area contributed by atoms with E-state index < -0.39 is 9.84 Å². The van der Waals surface area contributed by atoms with Crippen molar-refractivity contribution in [3.8, 4) is 0 Å². The monoisotopic (exact) mass is 207 g/mol. The van der Waals surface area contributed by atoms with Crippen molar-refractivity contribution in [1.82, 2.24) is 4.90 Å². The Balaban J connectivity index is 4.30. The number of carbonyl (C=O) groups is 1. The molecule has 0 aromatic carbocycles. The third-order valence-corrected chi connectivity index (χ3v) is 3.47. The number of hydrogen-bond donors (Lipinski definition) is 0. The van der Waals surface area contributed by atoms with Crippen LogP contribution in [0.25, 0.3) is 0 Å². The molecule has 0 spiro atoms. The minimum absolute atomic E-state index is 0.0278. The Hall–Kier alpha value is -0.580. The van der Waals surface area contributed by atoms with Crippen molar-refractivity contribution >= 4 is 15.7 Å². The Morgan fingerprint density at radius 3 is 1.92 bits per heavy atom. The highest BCUT2D eigenvalue weighted by Gasteiger charge is 2.17. The molecule has 0 heterocycles. The normalized spacial score (nSPS) is 11.3. The van der Waals surface area contributed by atoms with Gasteiger partial charge in [-0.2, -0.15) is 0 Å². The molecule has 0 aromatic rings. The average Bonchev–Trinajstić information content (AvgIpc) is 2.06. The van der Waals surface area contributed by atoms with Gasteiger partial charge in [0.2, 0.25) is 5.91 Å². The molecule has 4 nitrogen and oxygen atoms in total. The standard InChI is InChI=1S/C8H17NO3S/c1-4-9(5-2)8(10)7-13(11,12)6-3/h4-7H2,1-3H3. The van der Waals surface area contributed by atoms with E-state index >= 15 is 0 Å². The topological polar surface area (TPSA) is 54.5 Å². The Kier molecular flexibility index (Phi) is 4.98. The summed E-state index contributed by atoms with van der Waals surface area (Å²) in [7, 11) is -3.18. The quantitative estimate of drug-likeness (QED) is 0.651. The SMILES string of the molecule is CCN(CC)C(=O)CS(=O)(=O)CC. The molecule has 0 saturated carbocycles. The molecule has 0 aliphatic rings. The molecule has 5 heteroatoms. The van der Waals surface area contributed by atoms with Crippen molar-refractivity contribution in [2.75, 3.05) is 24.6 Å². The number of amides is 1. The zero-order chi connectivity index (χ0) is 10.5. The largest absolute Gasteiger partial charge is 0.342 e. The maximum Gasteiger partial charge on any atom is 0.237 e. The van der Waals surface area contributed by atoms with E-state index in [0.29, 0.717) is 13.1 Å². The molecule has 0 radical (unpaired) electrons. The highest BCUT2D eigenvalue weighted by Crippen LogP contribution is 1.95. The van der Waals surface area contributed by atoms with Crippen LogP contribution in [0.4, 0.5) is 0 Å². The average molecular weight is 207 g/mol. The molecule has 0 aliphatic carbocycles. The van der Waals surface area contributed by atoms with E-state index in [0.717, 1.165) is 0 Å². The summed E-state index contributed by atoms with van der Waals surface area (Å²) in [6.45, 7) is 6.34. The van der Waals surface area contributed by atoms with Crippen molar-refractivity contribution in [3.05, 3.63) is 0 Å². The summed E-state index contributed by atoms with van der Waals surface area (Å²) in [5.41, 5.74) is 0. The van der Waals surface area contributed by atoms with E-state index in [4.69, 9.17) is 0 Å². The lowest BCUT2D eigenvalue weighted by atomic mass is 10.5. The second kappa shape index (κ2) is 5.21. The predicted molar refractivity (Wildman–Crippen MR) is 52.3 cm³/mol. The zero-order valence-electron chi connectivity index (χ0n) is 8.41. The molecule has 0 aliphatic heterocycles. The fourth-order valence-electron chi connectivity index (χ4n) is 0.958. The Morgan fingerprint density at radius 2 is 1.62 bits per heavy atom. The molecule has 0 unspecified atom stereocenters. The van der Waals surface area contributed by atoms with Gasteiger partial charge in [0.15, 0.2) is 9.84 Å². The lowest BCUT2D eigenvalue weighted by molar-refractivity contribution is -0.128. The van der Waals surface area contributed by atoms with Crippen molar-refractivity contribution in [2.24, 2.45) is 0 Å². The van der Waals surface area contributed by atoms with Gasteiger partial charge in [0.1, 0.15) is 5.75 Å². The van der Waals surface area contributed by atoms with E-state index in [1.165, 1.54) is 4.90 Å². The summed E-state index contributed by atoms with van der Waals surface area (Å²) in [5.74, 6) is -0.627. The van der Waals surface area contributed by atoms with Gasteiger partial charge >= 0.3 is 0 Å². The number of carbonyl (C=O) groups excluding carboxylic acids is 1. The van der Waals surface area contributed by atoms with Crippen LogP contribution in [0.2, 0.25) is 0 Å². The highest BCUT2D eigenvalue weighted by molar-refractivity contribution is 7.92. The van der Waals surface area contributed by atoms with Gasteiger partial charge in [0.05, 0.1) is 0 Å². The first-order valence-electron chi connectivity index (χ1n) is 4.45. The maximum atomic E-state index is 11.3. The van der Waals surface area contributed by atoms with Gasteiger partial charge < -0.3 is 4.90 Å². The molecular formula is C8H17NO3S. The summed E-state index contributed by atoms with van der Waals surface area (Å²) in [4.78, 5) is 12.8. The fraction of sp³-hybridized carbons (Fsp3) is 0.875. The summed E-state index contributed by atoms with van der Waals surface area (Å²) < 4.78 is 22.2. The lowest BCUT2D eigenvalue weighted by Crippen LogP contribution is -2.35. The molecule has 1 amide bonds. The van der Waals surface area contributed by atoms with Crippen LogP contribution in [0, 0.1) is 0 Å². The van der Waals surface area contributed by atoms with Crippen molar-refractivity contribution < 1.29 is 13.2 Å². The van der Waals surface area contributed by atoms with E-state index in [9.17, 15) is 13.2 Å². The summed E-state index contributed by atoms with van der Waals surface area (Å²) in [5, 5.41) is 0. The fourth-order valence-corrected chi connectivity index (χ4v) is 1.72. The summed E-state index contributed by atoms with van der Waals surface area (Å²) >= 11 is 0. The van der Waals surface area contributed by atoms with Crippen LogP contribution in [0.1, 0.15) is 20.8 Å². The van der Waals surface area contributed by atoms with E-state index in [1.807, 2.05) is 13.8 Å². The summed E-state index contributed by atoms with van der Waals surface area (Å²) in [6.07, 6.45) is 0. The summed E-state index contributed by atoms with van der Waals surface area (Å²) in [6, 6.07) is 0. The van der Waals surface area contributed by atoms with Gasteiger partial charge in [-0.05, 0) is 13.8 Å². The first kappa shape index (κ1) is 12.4. The first-order chi connectivity index (χ1) is 5.96. The molecule has 0 rings (SSSR count).